The Morgan fingerprint density at radius 2 is 1.72 bits per heavy atom. The molecule has 0 atom stereocenters. The molecule has 0 spiro atoms. The smallest absolute Gasteiger partial charge is 0.322 e. The van der Waals surface area contributed by atoms with Crippen LogP contribution in [0.25, 0.3) is 0 Å². The monoisotopic (exact) mass is 417 g/mol. The van der Waals surface area contributed by atoms with Crippen molar-refractivity contribution in [1.82, 2.24) is 9.97 Å². The minimum absolute atomic E-state index is 0.0259. The van der Waals surface area contributed by atoms with Crippen molar-refractivity contribution in [3.8, 4) is 17.5 Å². The second-order valence-corrected chi connectivity index (χ2v) is 7.75. The number of benzene rings is 2. The maximum atomic E-state index is 13.6. The van der Waals surface area contributed by atoms with Crippen molar-refractivity contribution >= 4 is 15.7 Å². The SMILES string of the molecule is CCCCOc1ccc(S(=O)(=O)Nc2cnc(Oc3ccccc3F)nc2)cc1. The number of unbranched alkanes of at least 4 members (excludes halogenated alkanes) is 1. The third kappa shape index (κ3) is 5.64. The zero-order valence-electron chi connectivity index (χ0n) is 15.7. The lowest BCUT2D eigenvalue weighted by Gasteiger charge is -2.10. The molecule has 0 saturated carbocycles. The van der Waals surface area contributed by atoms with Crippen molar-refractivity contribution in [2.45, 2.75) is 24.7 Å². The van der Waals surface area contributed by atoms with Gasteiger partial charge in [-0.2, -0.15) is 0 Å². The quantitative estimate of drug-likeness (QED) is 0.520. The lowest BCUT2D eigenvalue weighted by molar-refractivity contribution is 0.309. The number of sulfonamides is 1. The molecule has 0 aliphatic carbocycles. The van der Waals surface area contributed by atoms with Gasteiger partial charge in [-0.3, -0.25) is 4.72 Å². The van der Waals surface area contributed by atoms with Crippen molar-refractivity contribution in [3.05, 3.63) is 66.7 Å². The number of ether oxygens (including phenoxy) is 2. The van der Waals surface area contributed by atoms with Crippen molar-refractivity contribution in [2.24, 2.45) is 0 Å². The molecule has 0 saturated heterocycles. The Bertz CT molecular complexity index is 1040. The third-order valence-electron chi connectivity index (χ3n) is 3.82. The molecule has 0 fully saturated rings. The Hall–Kier alpha value is -3.20. The zero-order valence-corrected chi connectivity index (χ0v) is 16.5. The summed E-state index contributed by atoms with van der Waals surface area (Å²) in [4.78, 5) is 7.88. The molecule has 0 radical (unpaired) electrons. The second-order valence-electron chi connectivity index (χ2n) is 6.07. The van der Waals surface area contributed by atoms with Crippen molar-refractivity contribution in [2.75, 3.05) is 11.3 Å². The van der Waals surface area contributed by atoms with Gasteiger partial charge in [0.25, 0.3) is 10.0 Å². The van der Waals surface area contributed by atoms with Gasteiger partial charge in [0.1, 0.15) is 5.75 Å². The molecular weight excluding hydrogens is 397 g/mol. The molecule has 1 heterocycles. The molecule has 3 aromatic rings. The number of halogens is 1. The standard InChI is InChI=1S/C20H20FN3O4S/c1-2-3-12-27-16-8-10-17(11-9-16)29(25,26)24-15-13-22-20(23-14-15)28-19-7-5-4-6-18(19)21/h4-11,13-14,24H,2-3,12H2,1H3. The van der Waals surface area contributed by atoms with Crippen LogP contribution < -0.4 is 14.2 Å². The first-order valence-electron chi connectivity index (χ1n) is 8.98. The average Bonchev–Trinajstić information content (AvgIpc) is 2.71. The van der Waals surface area contributed by atoms with Gasteiger partial charge < -0.3 is 9.47 Å². The van der Waals surface area contributed by atoms with Crippen LogP contribution in [0.3, 0.4) is 0 Å². The van der Waals surface area contributed by atoms with Gasteiger partial charge in [0.15, 0.2) is 11.6 Å². The fourth-order valence-corrected chi connectivity index (χ4v) is 3.34. The highest BCUT2D eigenvalue weighted by molar-refractivity contribution is 7.92. The Morgan fingerprint density at radius 3 is 2.38 bits per heavy atom. The highest BCUT2D eigenvalue weighted by Crippen LogP contribution is 2.22. The Morgan fingerprint density at radius 1 is 1.03 bits per heavy atom. The Balaban J connectivity index is 1.65. The number of aromatic nitrogens is 2. The van der Waals surface area contributed by atoms with Crippen LogP contribution in [0, 0.1) is 5.82 Å². The summed E-state index contributed by atoms with van der Waals surface area (Å²) in [5.41, 5.74) is 0.147. The van der Waals surface area contributed by atoms with Gasteiger partial charge in [0.05, 0.1) is 29.6 Å². The van der Waals surface area contributed by atoms with Crippen LogP contribution in [0.15, 0.2) is 65.8 Å². The van der Waals surface area contributed by atoms with Crippen LogP contribution in [-0.2, 0) is 10.0 Å². The van der Waals surface area contributed by atoms with Gasteiger partial charge in [0, 0.05) is 0 Å². The largest absolute Gasteiger partial charge is 0.494 e. The molecule has 152 valence electrons. The summed E-state index contributed by atoms with van der Waals surface area (Å²) in [7, 11) is -3.82. The molecule has 1 aromatic heterocycles. The van der Waals surface area contributed by atoms with E-state index in [0.29, 0.717) is 12.4 Å². The molecule has 0 aliphatic rings. The van der Waals surface area contributed by atoms with Crippen molar-refractivity contribution in [3.63, 3.8) is 0 Å². The second kappa shape index (κ2) is 9.33. The molecule has 1 N–H and O–H groups in total. The molecule has 3 rings (SSSR count). The number of para-hydroxylation sites is 1. The topological polar surface area (TPSA) is 90.4 Å². The van der Waals surface area contributed by atoms with Gasteiger partial charge in [-0.05, 0) is 42.8 Å². The molecule has 0 aliphatic heterocycles. The lowest BCUT2D eigenvalue weighted by Crippen LogP contribution is -2.13. The molecule has 0 amide bonds. The summed E-state index contributed by atoms with van der Waals surface area (Å²) in [6, 6.07) is 11.8. The third-order valence-corrected chi connectivity index (χ3v) is 5.22. The number of nitrogens with one attached hydrogen (secondary N) is 1. The Labute approximate surface area is 168 Å². The Kier molecular flexibility index (Phi) is 6.61. The molecular formula is C20H20FN3O4S. The summed E-state index contributed by atoms with van der Waals surface area (Å²) in [6.45, 7) is 2.65. The highest BCUT2D eigenvalue weighted by atomic mass is 32.2. The predicted octanol–water partition coefficient (Wildman–Crippen LogP) is 4.39. The van der Waals surface area contributed by atoms with Crippen molar-refractivity contribution < 1.29 is 22.3 Å². The maximum Gasteiger partial charge on any atom is 0.322 e. The normalized spacial score (nSPS) is 11.1. The van der Waals surface area contributed by atoms with E-state index in [-0.39, 0.29) is 22.3 Å². The van der Waals surface area contributed by atoms with Crippen LogP contribution in [0.5, 0.6) is 17.5 Å². The van der Waals surface area contributed by atoms with Crippen LogP contribution in [-0.4, -0.2) is 25.0 Å². The van der Waals surface area contributed by atoms with E-state index in [9.17, 15) is 12.8 Å². The number of hydrogen-bond acceptors (Lipinski definition) is 6. The van der Waals surface area contributed by atoms with Gasteiger partial charge in [-0.25, -0.2) is 22.8 Å². The summed E-state index contributed by atoms with van der Waals surface area (Å²) in [5.74, 6) is 0.0282. The fraction of sp³-hybridized carbons (Fsp3) is 0.200. The summed E-state index contributed by atoms with van der Waals surface area (Å²) in [6.07, 6.45) is 4.42. The molecule has 9 heteroatoms. The molecule has 0 unspecified atom stereocenters. The number of rotatable bonds is 9. The first-order valence-corrected chi connectivity index (χ1v) is 10.5. The number of hydrogen-bond donors (Lipinski definition) is 1. The van der Waals surface area contributed by atoms with E-state index in [1.807, 2.05) is 0 Å². The van der Waals surface area contributed by atoms with E-state index in [4.69, 9.17) is 9.47 Å². The molecule has 29 heavy (non-hydrogen) atoms. The lowest BCUT2D eigenvalue weighted by atomic mass is 10.3. The summed E-state index contributed by atoms with van der Waals surface area (Å²) in [5, 5.41) is 0. The zero-order chi connectivity index (χ0) is 20.7. The summed E-state index contributed by atoms with van der Waals surface area (Å²) >= 11 is 0. The van der Waals surface area contributed by atoms with E-state index in [0.717, 1.165) is 12.8 Å². The van der Waals surface area contributed by atoms with Gasteiger partial charge in [0.2, 0.25) is 0 Å². The van der Waals surface area contributed by atoms with E-state index >= 15 is 0 Å². The van der Waals surface area contributed by atoms with Gasteiger partial charge >= 0.3 is 6.01 Å². The van der Waals surface area contributed by atoms with E-state index in [2.05, 4.69) is 21.6 Å². The first kappa shape index (κ1) is 20.5. The molecule has 7 nitrogen and oxygen atoms in total. The fourth-order valence-electron chi connectivity index (χ4n) is 2.31. The first-order chi connectivity index (χ1) is 14.0. The van der Waals surface area contributed by atoms with E-state index in [1.54, 1.807) is 18.2 Å². The number of nitrogens with zero attached hydrogens (tertiary/aromatic N) is 2. The highest BCUT2D eigenvalue weighted by Gasteiger charge is 2.15. The van der Waals surface area contributed by atoms with E-state index in [1.165, 1.54) is 42.7 Å². The van der Waals surface area contributed by atoms with Crippen molar-refractivity contribution in [1.29, 1.82) is 0 Å². The van der Waals surface area contributed by atoms with Crippen LogP contribution in [0.2, 0.25) is 0 Å². The average molecular weight is 417 g/mol. The molecule has 2 aromatic carbocycles. The van der Waals surface area contributed by atoms with Gasteiger partial charge in [-0.1, -0.05) is 25.5 Å². The minimum Gasteiger partial charge on any atom is -0.494 e. The molecule has 0 bridgehead atoms. The van der Waals surface area contributed by atoms with Crippen LogP contribution in [0.4, 0.5) is 10.1 Å². The number of anilines is 1. The predicted molar refractivity (Wildman–Crippen MR) is 106 cm³/mol. The van der Waals surface area contributed by atoms with Crippen LogP contribution in [0.1, 0.15) is 19.8 Å². The maximum absolute atomic E-state index is 13.6. The van der Waals surface area contributed by atoms with Gasteiger partial charge in [-0.15, -0.1) is 0 Å². The minimum atomic E-state index is -3.82. The summed E-state index contributed by atoms with van der Waals surface area (Å²) < 4.78 is 51.8. The van der Waals surface area contributed by atoms with Crippen LogP contribution >= 0.6 is 0 Å². The van der Waals surface area contributed by atoms with E-state index < -0.39 is 15.8 Å².